The van der Waals surface area contributed by atoms with Gasteiger partial charge >= 0.3 is 0 Å². The van der Waals surface area contributed by atoms with Crippen molar-refractivity contribution in [2.24, 2.45) is 0 Å². The number of allylic oxidation sites excluding steroid dienone is 2. The summed E-state index contributed by atoms with van der Waals surface area (Å²) in [7, 11) is 0. The van der Waals surface area contributed by atoms with Crippen LogP contribution in [0.4, 0.5) is 0 Å². The molecule has 2 heterocycles. The van der Waals surface area contributed by atoms with Gasteiger partial charge in [-0.15, -0.1) is 0 Å². The molecular formula is C25H19N3O3. The van der Waals surface area contributed by atoms with E-state index in [1.807, 2.05) is 30.3 Å². The van der Waals surface area contributed by atoms with E-state index >= 15 is 0 Å². The van der Waals surface area contributed by atoms with Crippen LogP contribution in [0, 0.1) is 0 Å². The maximum absolute atomic E-state index is 13.4. The number of fused-ring (bicyclic) bond motifs is 3. The number of carbonyl (C=O) groups excluding carboxylic acids is 2. The molecule has 0 amide bonds. The van der Waals surface area contributed by atoms with Crippen LogP contribution in [0.25, 0.3) is 21.7 Å². The molecule has 0 spiro atoms. The van der Waals surface area contributed by atoms with Gasteiger partial charge in [0, 0.05) is 28.7 Å². The van der Waals surface area contributed by atoms with E-state index in [4.69, 9.17) is 0 Å². The van der Waals surface area contributed by atoms with Gasteiger partial charge in [0.05, 0.1) is 17.2 Å². The molecular weight excluding hydrogens is 390 g/mol. The third-order valence-electron chi connectivity index (χ3n) is 5.84. The maximum atomic E-state index is 13.4. The number of ketones is 1. The fraction of sp³-hybridized carbons (Fsp3) is 0.160. The average Bonchev–Trinajstić information content (AvgIpc) is 2.81. The first kappa shape index (κ1) is 19.1. The number of aldehydes is 1. The fourth-order valence-corrected chi connectivity index (χ4v) is 4.22. The van der Waals surface area contributed by atoms with Crippen LogP contribution < -0.4 is 5.56 Å². The van der Waals surface area contributed by atoms with Gasteiger partial charge < -0.3 is 0 Å². The van der Waals surface area contributed by atoms with Crippen molar-refractivity contribution < 1.29 is 9.59 Å². The lowest BCUT2D eigenvalue weighted by Gasteiger charge is -2.19. The molecule has 2 aromatic heterocycles. The van der Waals surface area contributed by atoms with Crippen molar-refractivity contribution in [3.63, 3.8) is 0 Å². The van der Waals surface area contributed by atoms with Crippen molar-refractivity contribution in [3.8, 4) is 0 Å². The maximum Gasteiger partial charge on any atom is 0.261 e. The molecule has 6 nitrogen and oxygen atoms in total. The van der Waals surface area contributed by atoms with Crippen LogP contribution in [0.5, 0.6) is 0 Å². The summed E-state index contributed by atoms with van der Waals surface area (Å²) in [6.07, 6.45) is 11.1. The van der Waals surface area contributed by atoms with Gasteiger partial charge in [0.15, 0.2) is 5.78 Å². The van der Waals surface area contributed by atoms with Gasteiger partial charge in [-0.05, 0) is 48.6 Å². The molecule has 1 aliphatic carbocycles. The highest BCUT2D eigenvalue weighted by molar-refractivity contribution is 6.06. The number of carbonyl (C=O) groups is 2. The molecule has 4 aromatic rings. The van der Waals surface area contributed by atoms with Gasteiger partial charge in [-0.3, -0.25) is 23.9 Å². The van der Waals surface area contributed by atoms with Crippen molar-refractivity contribution in [2.45, 2.75) is 25.3 Å². The smallest absolute Gasteiger partial charge is 0.261 e. The van der Waals surface area contributed by atoms with E-state index in [0.717, 1.165) is 34.6 Å². The van der Waals surface area contributed by atoms with Crippen LogP contribution in [-0.4, -0.2) is 26.6 Å². The highest BCUT2D eigenvalue weighted by Gasteiger charge is 2.23. The standard InChI is InChI=1S/C25H19N3O3/c29-14-17-7-5-16(6-8-17)11-18-12-20-24(19-9-10-26-13-21(18)19)27-15-28(25(20)31)22-3-1-2-4-23(22)30/h2,4-10,12-15,22H,1,3,11H2. The lowest BCUT2D eigenvalue weighted by molar-refractivity contribution is -0.118. The predicted octanol–water partition coefficient (Wildman–Crippen LogP) is 3.81. The molecule has 0 aliphatic heterocycles. The van der Waals surface area contributed by atoms with E-state index in [9.17, 15) is 14.4 Å². The molecule has 0 fully saturated rings. The second kappa shape index (κ2) is 7.72. The Morgan fingerprint density at radius 3 is 2.68 bits per heavy atom. The van der Waals surface area contributed by atoms with E-state index in [-0.39, 0.29) is 11.3 Å². The van der Waals surface area contributed by atoms with Gasteiger partial charge in [0.1, 0.15) is 12.3 Å². The molecule has 5 rings (SSSR count). The number of aromatic nitrogens is 3. The molecule has 31 heavy (non-hydrogen) atoms. The number of hydrogen-bond donors (Lipinski definition) is 0. The summed E-state index contributed by atoms with van der Waals surface area (Å²) in [6.45, 7) is 0. The molecule has 2 aromatic carbocycles. The van der Waals surface area contributed by atoms with Crippen LogP contribution >= 0.6 is 0 Å². The summed E-state index contributed by atoms with van der Waals surface area (Å²) in [5.41, 5.74) is 2.98. The van der Waals surface area contributed by atoms with Crippen molar-refractivity contribution in [2.75, 3.05) is 0 Å². The molecule has 6 heteroatoms. The van der Waals surface area contributed by atoms with Crippen LogP contribution in [0.15, 0.2) is 72.1 Å². The monoisotopic (exact) mass is 409 g/mol. The minimum Gasteiger partial charge on any atom is -0.298 e. The minimum atomic E-state index is -0.512. The first-order valence-electron chi connectivity index (χ1n) is 10.2. The second-order valence-corrected chi connectivity index (χ2v) is 7.74. The number of nitrogens with zero attached hydrogens (tertiary/aromatic N) is 3. The average molecular weight is 409 g/mol. The van der Waals surface area contributed by atoms with Gasteiger partial charge in [-0.2, -0.15) is 0 Å². The van der Waals surface area contributed by atoms with Crippen LogP contribution in [-0.2, 0) is 11.2 Å². The summed E-state index contributed by atoms with van der Waals surface area (Å²) < 4.78 is 1.46. The summed E-state index contributed by atoms with van der Waals surface area (Å²) >= 11 is 0. The predicted molar refractivity (Wildman–Crippen MR) is 118 cm³/mol. The van der Waals surface area contributed by atoms with Crippen molar-refractivity contribution >= 4 is 33.7 Å². The van der Waals surface area contributed by atoms with Gasteiger partial charge in [0.25, 0.3) is 5.56 Å². The second-order valence-electron chi connectivity index (χ2n) is 7.74. The zero-order valence-corrected chi connectivity index (χ0v) is 16.7. The van der Waals surface area contributed by atoms with E-state index in [1.54, 1.807) is 30.6 Å². The Kier molecular flexibility index (Phi) is 4.75. The summed E-state index contributed by atoms with van der Waals surface area (Å²) in [6, 6.07) is 10.6. The Labute approximate surface area is 177 Å². The van der Waals surface area contributed by atoms with Crippen molar-refractivity contribution in [3.05, 3.63) is 94.3 Å². The SMILES string of the molecule is O=Cc1ccc(Cc2cc3c(=O)n(C4CCC=CC4=O)cnc3c3ccncc23)cc1. The third-order valence-corrected chi connectivity index (χ3v) is 5.84. The highest BCUT2D eigenvalue weighted by Crippen LogP contribution is 2.28. The number of rotatable bonds is 4. The van der Waals surface area contributed by atoms with Crippen molar-refractivity contribution in [1.29, 1.82) is 0 Å². The molecule has 0 saturated heterocycles. The first-order chi connectivity index (χ1) is 15.2. The molecule has 1 unspecified atom stereocenters. The van der Waals surface area contributed by atoms with Crippen molar-refractivity contribution in [1.82, 2.24) is 14.5 Å². The topological polar surface area (TPSA) is 81.9 Å². The Morgan fingerprint density at radius 1 is 1.06 bits per heavy atom. The van der Waals surface area contributed by atoms with Crippen LogP contribution in [0.3, 0.4) is 0 Å². The normalized spacial score (nSPS) is 16.1. The fourth-order valence-electron chi connectivity index (χ4n) is 4.22. The van der Waals surface area contributed by atoms with Gasteiger partial charge in [-0.25, -0.2) is 4.98 Å². The van der Waals surface area contributed by atoms with Crippen LogP contribution in [0.2, 0.25) is 0 Å². The molecule has 0 bridgehead atoms. The summed E-state index contributed by atoms with van der Waals surface area (Å²) in [4.78, 5) is 45.5. The quantitative estimate of drug-likeness (QED) is 0.378. The van der Waals surface area contributed by atoms with Gasteiger partial charge in [0.2, 0.25) is 0 Å². The Balaban J connectivity index is 1.69. The Bertz CT molecular complexity index is 1420. The minimum absolute atomic E-state index is 0.0741. The van der Waals surface area contributed by atoms with Gasteiger partial charge in [-0.1, -0.05) is 30.3 Å². The molecule has 1 aliphatic rings. The Hall–Kier alpha value is -3.93. The molecule has 0 saturated carbocycles. The number of pyridine rings is 1. The summed E-state index contributed by atoms with van der Waals surface area (Å²) in [5, 5.41) is 2.27. The molecule has 0 N–H and O–H groups in total. The zero-order valence-electron chi connectivity index (χ0n) is 16.7. The lowest BCUT2D eigenvalue weighted by atomic mass is 9.96. The molecule has 152 valence electrons. The number of hydrogen-bond acceptors (Lipinski definition) is 5. The Morgan fingerprint density at radius 2 is 1.90 bits per heavy atom. The lowest BCUT2D eigenvalue weighted by Crippen LogP contribution is -2.30. The molecule has 0 radical (unpaired) electrons. The van der Waals surface area contributed by atoms with E-state index in [0.29, 0.717) is 29.3 Å². The van der Waals surface area contributed by atoms with E-state index < -0.39 is 6.04 Å². The molecule has 1 atom stereocenters. The zero-order chi connectivity index (χ0) is 21.4. The highest BCUT2D eigenvalue weighted by atomic mass is 16.1. The van der Waals surface area contributed by atoms with E-state index in [1.165, 1.54) is 10.9 Å². The largest absolute Gasteiger partial charge is 0.298 e. The third kappa shape index (κ3) is 3.36. The number of benzene rings is 2. The van der Waals surface area contributed by atoms with Crippen LogP contribution in [0.1, 0.15) is 40.4 Å². The first-order valence-corrected chi connectivity index (χ1v) is 10.2. The van der Waals surface area contributed by atoms with E-state index in [2.05, 4.69) is 9.97 Å². The summed E-state index contributed by atoms with van der Waals surface area (Å²) in [5.74, 6) is -0.0741.